The number of hydrogen-bond donors (Lipinski definition) is 1. The molecule has 2 heterocycles. The summed E-state index contributed by atoms with van der Waals surface area (Å²) in [5.74, 6) is 0.564. The number of aryl methyl sites for hydroxylation is 1. The summed E-state index contributed by atoms with van der Waals surface area (Å²) in [6.07, 6.45) is 0.720. The van der Waals surface area contributed by atoms with Crippen LogP contribution in [0.4, 0.5) is 10.5 Å². The predicted octanol–water partition coefficient (Wildman–Crippen LogP) is 1.33. The first-order chi connectivity index (χ1) is 10.9. The van der Waals surface area contributed by atoms with Crippen LogP contribution in [0.5, 0.6) is 0 Å². The van der Waals surface area contributed by atoms with Crippen LogP contribution in [0.25, 0.3) is 0 Å². The lowest BCUT2D eigenvalue weighted by atomic mass is 10.2. The molecule has 1 aromatic rings. The van der Waals surface area contributed by atoms with Gasteiger partial charge in [-0.05, 0) is 25.5 Å². The number of piperazine rings is 1. The van der Waals surface area contributed by atoms with Crippen LogP contribution in [0.2, 0.25) is 0 Å². The Morgan fingerprint density at radius 1 is 1.13 bits per heavy atom. The standard InChI is InChI=1S/C16H23N3O3S/c1-13-2-4-14(5-3-13)17-16(20)19-9-7-18(8-10-19)15-6-11-23(21,22)12-15/h2-5,15H,6-12H2,1H3,(H,17,20)/t15-/m0/s1. The second kappa shape index (κ2) is 6.49. The van der Waals surface area contributed by atoms with E-state index in [-0.39, 0.29) is 17.8 Å². The van der Waals surface area contributed by atoms with Crippen LogP contribution in [0, 0.1) is 6.92 Å². The number of sulfone groups is 1. The molecule has 0 aliphatic carbocycles. The lowest BCUT2D eigenvalue weighted by Gasteiger charge is -2.37. The molecular formula is C16H23N3O3S. The number of anilines is 1. The maximum Gasteiger partial charge on any atom is 0.321 e. The molecule has 0 unspecified atom stereocenters. The van der Waals surface area contributed by atoms with Gasteiger partial charge in [0.25, 0.3) is 0 Å². The lowest BCUT2D eigenvalue weighted by molar-refractivity contribution is 0.121. The molecule has 3 rings (SSSR count). The van der Waals surface area contributed by atoms with E-state index in [0.717, 1.165) is 30.8 Å². The van der Waals surface area contributed by atoms with Gasteiger partial charge in [-0.25, -0.2) is 13.2 Å². The number of rotatable bonds is 2. The van der Waals surface area contributed by atoms with Gasteiger partial charge in [-0.3, -0.25) is 4.90 Å². The van der Waals surface area contributed by atoms with Crippen LogP contribution >= 0.6 is 0 Å². The van der Waals surface area contributed by atoms with Gasteiger partial charge in [-0.15, -0.1) is 0 Å². The van der Waals surface area contributed by atoms with Gasteiger partial charge in [-0.1, -0.05) is 17.7 Å². The van der Waals surface area contributed by atoms with E-state index < -0.39 is 9.84 Å². The summed E-state index contributed by atoms with van der Waals surface area (Å²) in [6.45, 7) is 4.75. The van der Waals surface area contributed by atoms with Gasteiger partial charge in [-0.2, -0.15) is 0 Å². The van der Waals surface area contributed by atoms with Crippen molar-refractivity contribution in [2.24, 2.45) is 0 Å². The number of urea groups is 1. The number of nitrogens with one attached hydrogen (secondary N) is 1. The van der Waals surface area contributed by atoms with Gasteiger partial charge in [0.15, 0.2) is 9.84 Å². The van der Waals surface area contributed by atoms with Crippen molar-refractivity contribution in [3.63, 3.8) is 0 Å². The highest BCUT2D eigenvalue weighted by atomic mass is 32.2. The lowest BCUT2D eigenvalue weighted by Crippen LogP contribution is -2.53. The molecule has 2 amide bonds. The van der Waals surface area contributed by atoms with Gasteiger partial charge in [0.2, 0.25) is 0 Å². The fraction of sp³-hybridized carbons (Fsp3) is 0.562. The highest BCUT2D eigenvalue weighted by Gasteiger charge is 2.34. The second-order valence-corrected chi connectivity index (χ2v) is 8.60. The Bertz CT molecular complexity index is 664. The molecule has 2 aliphatic heterocycles. The average molecular weight is 337 g/mol. The molecule has 0 spiro atoms. The van der Waals surface area contributed by atoms with E-state index in [0.29, 0.717) is 18.8 Å². The van der Waals surface area contributed by atoms with Gasteiger partial charge in [0.1, 0.15) is 0 Å². The zero-order valence-corrected chi connectivity index (χ0v) is 14.2. The Kier molecular flexibility index (Phi) is 4.59. The third-order valence-corrected chi connectivity index (χ3v) is 6.38. The minimum Gasteiger partial charge on any atom is -0.322 e. The molecule has 0 bridgehead atoms. The quantitative estimate of drug-likeness (QED) is 0.884. The molecule has 0 aromatic heterocycles. The maximum atomic E-state index is 12.3. The summed E-state index contributed by atoms with van der Waals surface area (Å²) >= 11 is 0. The Balaban J connectivity index is 1.50. The largest absolute Gasteiger partial charge is 0.322 e. The van der Waals surface area contributed by atoms with Crippen molar-refractivity contribution in [3.8, 4) is 0 Å². The van der Waals surface area contributed by atoms with E-state index in [1.165, 1.54) is 0 Å². The first-order valence-corrected chi connectivity index (χ1v) is 9.82. The monoisotopic (exact) mass is 337 g/mol. The topological polar surface area (TPSA) is 69.7 Å². The van der Waals surface area contributed by atoms with Crippen molar-refractivity contribution < 1.29 is 13.2 Å². The minimum absolute atomic E-state index is 0.0902. The molecule has 1 aromatic carbocycles. The Hall–Kier alpha value is -1.60. The molecule has 6 nitrogen and oxygen atoms in total. The molecule has 2 saturated heterocycles. The van der Waals surface area contributed by atoms with Crippen molar-refractivity contribution >= 4 is 21.6 Å². The molecule has 7 heteroatoms. The molecule has 0 saturated carbocycles. The molecule has 23 heavy (non-hydrogen) atoms. The molecular weight excluding hydrogens is 314 g/mol. The molecule has 126 valence electrons. The molecule has 1 atom stereocenters. The first kappa shape index (κ1) is 16.3. The number of hydrogen-bond acceptors (Lipinski definition) is 4. The van der Waals surface area contributed by atoms with Crippen LogP contribution in [-0.4, -0.2) is 68.0 Å². The number of carbonyl (C=O) groups is 1. The number of carbonyl (C=O) groups excluding carboxylic acids is 1. The summed E-state index contributed by atoms with van der Waals surface area (Å²) in [4.78, 5) is 16.3. The zero-order chi connectivity index (χ0) is 16.4. The maximum absolute atomic E-state index is 12.3. The average Bonchev–Trinajstić information content (AvgIpc) is 2.90. The van der Waals surface area contributed by atoms with Crippen molar-refractivity contribution in [2.45, 2.75) is 19.4 Å². The predicted molar refractivity (Wildman–Crippen MR) is 90.4 cm³/mol. The summed E-state index contributed by atoms with van der Waals surface area (Å²) in [5, 5.41) is 2.91. The Morgan fingerprint density at radius 2 is 1.78 bits per heavy atom. The van der Waals surface area contributed by atoms with Gasteiger partial charge < -0.3 is 10.2 Å². The fourth-order valence-corrected chi connectivity index (χ4v) is 4.95. The first-order valence-electron chi connectivity index (χ1n) is 8.00. The molecule has 2 aliphatic rings. The Morgan fingerprint density at radius 3 is 2.35 bits per heavy atom. The highest BCUT2D eigenvalue weighted by Crippen LogP contribution is 2.19. The summed E-state index contributed by atoms with van der Waals surface area (Å²) in [6, 6.07) is 7.76. The number of nitrogens with zero attached hydrogens (tertiary/aromatic N) is 2. The van der Waals surface area contributed by atoms with Crippen LogP contribution in [0.3, 0.4) is 0 Å². The van der Waals surface area contributed by atoms with Crippen molar-refractivity contribution in [2.75, 3.05) is 43.0 Å². The van der Waals surface area contributed by atoms with Crippen LogP contribution in [0.15, 0.2) is 24.3 Å². The molecule has 2 fully saturated rings. The summed E-state index contributed by atoms with van der Waals surface area (Å²) in [7, 11) is -2.85. The van der Waals surface area contributed by atoms with Gasteiger partial charge in [0, 0.05) is 37.9 Å². The van der Waals surface area contributed by atoms with E-state index in [9.17, 15) is 13.2 Å². The zero-order valence-electron chi connectivity index (χ0n) is 13.4. The third kappa shape index (κ3) is 4.03. The third-order valence-electron chi connectivity index (χ3n) is 4.63. The highest BCUT2D eigenvalue weighted by molar-refractivity contribution is 7.91. The number of benzene rings is 1. The van der Waals surface area contributed by atoms with Gasteiger partial charge in [0.05, 0.1) is 11.5 Å². The van der Waals surface area contributed by atoms with E-state index >= 15 is 0 Å². The Labute approximate surface area is 137 Å². The minimum atomic E-state index is -2.85. The molecule has 1 N–H and O–H groups in total. The van der Waals surface area contributed by atoms with Crippen LogP contribution in [0.1, 0.15) is 12.0 Å². The SMILES string of the molecule is Cc1ccc(NC(=O)N2CCN([C@H]3CCS(=O)(=O)C3)CC2)cc1. The smallest absolute Gasteiger partial charge is 0.321 e. The van der Waals surface area contributed by atoms with Crippen LogP contribution in [-0.2, 0) is 9.84 Å². The van der Waals surface area contributed by atoms with Crippen molar-refractivity contribution in [1.29, 1.82) is 0 Å². The normalized spacial score (nSPS) is 24.6. The summed E-state index contributed by atoms with van der Waals surface area (Å²) in [5.41, 5.74) is 1.95. The second-order valence-electron chi connectivity index (χ2n) is 6.38. The van der Waals surface area contributed by atoms with Crippen molar-refractivity contribution in [3.05, 3.63) is 29.8 Å². The van der Waals surface area contributed by atoms with Crippen molar-refractivity contribution in [1.82, 2.24) is 9.80 Å². The van der Waals surface area contributed by atoms with E-state index in [2.05, 4.69) is 10.2 Å². The van der Waals surface area contributed by atoms with Crippen LogP contribution < -0.4 is 5.32 Å². The molecule has 0 radical (unpaired) electrons. The fourth-order valence-electron chi connectivity index (χ4n) is 3.19. The number of amides is 2. The van der Waals surface area contributed by atoms with E-state index in [1.54, 1.807) is 4.90 Å². The summed E-state index contributed by atoms with van der Waals surface area (Å²) < 4.78 is 23.2. The van der Waals surface area contributed by atoms with Gasteiger partial charge >= 0.3 is 6.03 Å². The van der Waals surface area contributed by atoms with E-state index in [1.807, 2.05) is 31.2 Å². The van der Waals surface area contributed by atoms with E-state index in [4.69, 9.17) is 0 Å².